The highest BCUT2D eigenvalue weighted by Crippen LogP contribution is 2.23. The third kappa shape index (κ3) is 2.73. The Bertz CT molecular complexity index is 780. The number of thiazole rings is 1. The molecule has 1 amide bonds. The molecule has 0 unspecified atom stereocenters. The topological polar surface area (TPSA) is 42.0 Å². The molecule has 1 aromatic heterocycles. The fraction of sp³-hybridized carbons (Fsp3) is 0.0667. The van der Waals surface area contributed by atoms with E-state index in [4.69, 9.17) is 0 Å². The number of aromatic nitrogens is 1. The fourth-order valence-electron chi connectivity index (χ4n) is 1.92. The van der Waals surface area contributed by atoms with Gasteiger partial charge in [0.05, 0.1) is 15.2 Å². The summed E-state index contributed by atoms with van der Waals surface area (Å²) in [6.07, 6.45) is 0. The first-order chi connectivity index (χ1) is 9.61. The summed E-state index contributed by atoms with van der Waals surface area (Å²) in [5, 5.41) is 3.88. The van der Waals surface area contributed by atoms with E-state index in [0.29, 0.717) is 5.56 Å². The molecule has 0 bridgehead atoms. The van der Waals surface area contributed by atoms with E-state index in [0.717, 1.165) is 25.4 Å². The molecule has 5 heteroatoms. The van der Waals surface area contributed by atoms with Crippen LogP contribution in [0.2, 0.25) is 0 Å². The van der Waals surface area contributed by atoms with Gasteiger partial charge in [0, 0.05) is 15.7 Å². The lowest BCUT2D eigenvalue weighted by Gasteiger charge is -2.05. The van der Waals surface area contributed by atoms with Crippen molar-refractivity contribution in [2.45, 2.75) is 6.92 Å². The average molecular weight is 347 g/mol. The standard InChI is InChI=1S/C15H11BrN2OS/c1-9-17-13-8-10(2-7-14(13)20-9)15(19)18-12-5-3-11(16)4-6-12/h2-8H,1H3,(H,18,19). The lowest BCUT2D eigenvalue weighted by molar-refractivity contribution is 0.102. The second-order valence-corrected chi connectivity index (χ2v) is 6.53. The summed E-state index contributed by atoms with van der Waals surface area (Å²) in [6, 6.07) is 13.1. The number of halogens is 1. The molecule has 0 aliphatic heterocycles. The number of carbonyl (C=O) groups excluding carboxylic acids is 1. The van der Waals surface area contributed by atoms with E-state index in [1.54, 1.807) is 11.3 Å². The van der Waals surface area contributed by atoms with Gasteiger partial charge in [-0.3, -0.25) is 4.79 Å². The van der Waals surface area contributed by atoms with E-state index in [1.165, 1.54) is 0 Å². The molecular formula is C15H11BrN2OS. The number of hydrogen-bond acceptors (Lipinski definition) is 3. The number of carbonyl (C=O) groups is 1. The molecule has 0 saturated carbocycles. The van der Waals surface area contributed by atoms with Gasteiger partial charge in [-0.2, -0.15) is 0 Å². The van der Waals surface area contributed by atoms with Crippen LogP contribution in [-0.2, 0) is 0 Å². The van der Waals surface area contributed by atoms with Crippen LogP contribution in [0.5, 0.6) is 0 Å². The molecule has 3 nitrogen and oxygen atoms in total. The predicted octanol–water partition coefficient (Wildman–Crippen LogP) is 4.62. The van der Waals surface area contributed by atoms with Gasteiger partial charge < -0.3 is 5.32 Å². The van der Waals surface area contributed by atoms with Gasteiger partial charge in [0.25, 0.3) is 5.91 Å². The molecule has 0 aliphatic carbocycles. The third-order valence-electron chi connectivity index (χ3n) is 2.86. The van der Waals surface area contributed by atoms with E-state index < -0.39 is 0 Å². The van der Waals surface area contributed by atoms with Crippen molar-refractivity contribution in [3.8, 4) is 0 Å². The average Bonchev–Trinajstić information content (AvgIpc) is 2.80. The molecule has 3 rings (SSSR count). The molecule has 100 valence electrons. The van der Waals surface area contributed by atoms with Gasteiger partial charge in [-0.25, -0.2) is 4.98 Å². The molecule has 0 spiro atoms. The monoisotopic (exact) mass is 346 g/mol. The summed E-state index contributed by atoms with van der Waals surface area (Å²) in [6.45, 7) is 1.96. The molecule has 0 fully saturated rings. The molecule has 0 saturated heterocycles. The smallest absolute Gasteiger partial charge is 0.255 e. The van der Waals surface area contributed by atoms with Crippen molar-refractivity contribution < 1.29 is 4.79 Å². The minimum atomic E-state index is -0.125. The molecule has 2 aromatic carbocycles. The van der Waals surface area contributed by atoms with Crippen molar-refractivity contribution in [2.24, 2.45) is 0 Å². The summed E-state index contributed by atoms with van der Waals surface area (Å²) in [5.74, 6) is -0.125. The number of nitrogens with zero attached hydrogens (tertiary/aromatic N) is 1. The SMILES string of the molecule is Cc1nc2cc(C(=O)Nc3ccc(Br)cc3)ccc2s1. The maximum atomic E-state index is 12.2. The van der Waals surface area contributed by atoms with Gasteiger partial charge in [-0.15, -0.1) is 11.3 Å². The lowest BCUT2D eigenvalue weighted by Crippen LogP contribution is -2.11. The Labute approximate surface area is 128 Å². The van der Waals surface area contributed by atoms with Crippen LogP contribution in [0.15, 0.2) is 46.9 Å². The Morgan fingerprint density at radius 1 is 1.20 bits per heavy atom. The van der Waals surface area contributed by atoms with Crippen molar-refractivity contribution in [3.05, 3.63) is 57.5 Å². The Balaban J connectivity index is 1.86. The van der Waals surface area contributed by atoms with Crippen LogP contribution in [0.1, 0.15) is 15.4 Å². The first-order valence-electron chi connectivity index (χ1n) is 6.06. The maximum absolute atomic E-state index is 12.2. The Kier molecular flexibility index (Phi) is 3.54. The highest BCUT2D eigenvalue weighted by molar-refractivity contribution is 9.10. The summed E-state index contributed by atoms with van der Waals surface area (Å²) in [4.78, 5) is 16.6. The van der Waals surface area contributed by atoms with Gasteiger partial charge in [0.1, 0.15) is 0 Å². The third-order valence-corrected chi connectivity index (χ3v) is 4.34. The van der Waals surface area contributed by atoms with Crippen LogP contribution in [0.4, 0.5) is 5.69 Å². The Morgan fingerprint density at radius 3 is 2.70 bits per heavy atom. The second-order valence-electron chi connectivity index (χ2n) is 4.38. The fourth-order valence-corrected chi connectivity index (χ4v) is 2.99. The molecule has 0 aliphatic rings. The number of nitrogens with one attached hydrogen (secondary N) is 1. The van der Waals surface area contributed by atoms with Gasteiger partial charge in [0.2, 0.25) is 0 Å². The number of benzene rings is 2. The maximum Gasteiger partial charge on any atom is 0.255 e. The first-order valence-corrected chi connectivity index (χ1v) is 7.67. The summed E-state index contributed by atoms with van der Waals surface area (Å²) in [5.41, 5.74) is 2.26. The zero-order chi connectivity index (χ0) is 14.1. The van der Waals surface area contributed by atoms with Gasteiger partial charge in [0.15, 0.2) is 0 Å². The molecule has 0 atom stereocenters. The molecule has 3 aromatic rings. The van der Waals surface area contributed by atoms with Crippen LogP contribution >= 0.6 is 27.3 Å². The van der Waals surface area contributed by atoms with Crippen molar-refractivity contribution in [3.63, 3.8) is 0 Å². The quantitative estimate of drug-likeness (QED) is 0.735. The van der Waals surface area contributed by atoms with Crippen LogP contribution in [0.25, 0.3) is 10.2 Å². The van der Waals surface area contributed by atoms with Crippen LogP contribution in [-0.4, -0.2) is 10.9 Å². The highest BCUT2D eigenvalue weighted by Gasteiger charge is 2.08. The number of anilines is 1. The van der Waals surface area contributed by atoms with Gasteiger partial charge in [-0.05, 0) is 49.4 Å². The lowest BCUT2D eigenvalue weighted by atomic mass is 10.2. The number of hydrogen-bond donors (Lipinski definition) is 1. The molecule has 0 radical (unpaired) electrons. The van der Waals surface area contributed by atoms with Crippen molar-refractivity contribution in [1.82, 2.24) is 4.98 Å². The highest BCUT2D eigenvalue weighted by atomic mass is 79.9. The van der Waals surface area contributed by atoms with Crippen molar-refractivity contribution >= 4 is 49.1 Å². The number of fused-ring (bicyclic) bond motifs is 1. The van der Waals surface area contributed by atoms with Crippen molar-refractivity contribution in [2.75, 3.05) is 5.32 Å². The molecule has 1 heterocycles. The summed E-state index contributed by atoms with van der Waals surface area (Å²) >= 11 is 5.00. The number of aryl methyl sites for hydroxylation is 1. The van der Waals surface area contributed by atoms with Gasteiger partial charge in [-0.1, -0.05) is 15.9 Å². The number of amides is 1. The molecule has 1 N–H and O–H groups in total. The Hall–Kier alpha value is -1.72. The normalized spacial score (nSPS) is 10.7. The molecule has 20 heavy (non-hydrogen) atoms. The number of rotatable bonds is 2. The largest absolute Gasteiger partial charge is 0.322 e. The van der Waals surface area contributed by atoms with Crippen LogP contribution < -0.4 is 5.32 Å². The first kappa shape index (κ1) is 13.3. The van der Waals surface area contributed by atoms with E-state index in [9.17, 15) is 4.79 Å². The van der Waals surface area contributed by atoms with Gasteiger partial charge >= 0.3 is 0 Å². The summed E-state index contributed by atoms with van der Waals surface area (Å²) in [7, 11) is 0. The Morgan fingerprint density at radius 2 is 1.95 bits per heavy atom. The molecular weight excluding hydrogens is 336 g/mol. The van der Waals surface area contributed by atoms with E-state index in [1.807, 2.05) is 49.4 Å². The second kappa shape index (κ2) is 5.34. The van der Waals surface area contributed by atoms with Crippen LogP contribution in [0, 0.1) is 6.92 Å². The van der Waals surface area contributed by atoms with Crippen LogP contribution in [0.3, 0.4) is 0 Å². The van der Waals surface area contributed by atoms with E-state index in [2.05, 4.69) is 26.2 Å². The zero-order valence-corrected chi connectivity index (χ0v) is 13.1. The summed E-state index contributed by atoms with van der Waals surface area (Å²) < 4.78 is 2.08. The van der Waals surface area contributed by atoms with E-state index in [-0.39, 0.29) is 5.91 Å². The van der Waals surface area contributed by atoms with Crippen molar-refractivity contribution in [1.29, 1.82) is 0 Å². The minimum absolute atomic E-state index is 0.125. The zero-order valence-electron chi connectivity index (χ0n) is 10.7. The van der Waals surface area contributed by atoms with E-state index >= 15 is 0 Å². The predicted molar refractivity (Wildman–Crippen MR) is 86.5 cm³/mol. The minimum Gasteiger partial charge on any atom is -0.322 e.